The van der Waals surface area contributed by atoms with Gasteiger partial charge in [-0.05, 0) is 15.9 Å². The molecular weight excluding hydrogens is 270 g/mol. The summed E-state index contributed by atoms with van der Waals surface area (Å²) in [5, 5.41) is 12.5. The summed E-state index contributed by atoms with van der Waals surface area (Å²) in [6.45, 7) is 0. The minimum absolute atomic E-state index is 0.140. The predicted molar refractivity (Wildman–Crippen MR) is 58.2 cm³/mol. The second kappa shape index (κ2) is 3.25. The summed E-state index contributed by atoms with van der Waals surface area (Å²) in [5.74, 6) is -0.993. The van der Waals surface area contributed by atoms with Crippen molar-refractivity contribution in [1.29, 1.82) is 0 Å². The first-order chi connectivity index (χ1) is 6.63. The van der Waals surface area contributed by atoms with Gasteiger partial charge in [0.05, 0.1) is 4.47 Å². The molecule has 3 N–H and O–H groups in total. The molecule has 0 saturated carbocycles. The Labute approximate surface area is 91.3 Å². The van der Waals surface area contributed by atoms with Crippen LogP contribution in [0.4, 0.5) is 5.13 Å². The summed E-state index contributed by atoms with van der Waals surface area (Å²) < 4.78 is 0.498. The minimum atomic E-state index is -0.993. The number of anilines is 1. The minimum Gasteiger partial charge on any atom is -0.477 e. The zero-order valence-electron chi connectivity index (χ0n) is 7.09. The van der Waals surface area contributed by atoms with Crippen molar-refractivity contribution >= 4 is 48.7 Å². The monoisotopic (exact) mass is 275 g/mol. The van der Waals surface area contributed by atoms with Crippen LogP contribution in [0.5, 0.6) is 0 Å². The number of H-pyrrole nitrogens is 1. The summed E-state index contributed by atoms with van der Waals surface area (Å²) >= 11 is 4.58. The third kappa shape index (κ3) is 1.28. The number of nitrogens with zero attached hydrogens (tertiary/aromatic N) is 1. The molecule has 2 heterocycles. The van der Waals surface area contributed by atoms with Gasteiger partial charge in [0.15, 0.2) is 5.13 Å². The lowest BCUT2D eigenvalue weighted by molar-refractivity contribution is 0.0690. The molecule has 0 unspecified atom stereocenters. The summed E-state index contributed by atoms with van der Waals surface area (Å²) in [4.78, 5) is 18.5. The van der Waals surface area contributed by atoms with Crippen molar-refractivity contribution in [2.24, 2.45) is 0 Å². The number of fused-ring (bicyclic) bond motifs is 1. The molecule has 74 valence electrons. The Kier molecular flexibility index (Phi) is 2.20. The van der Waals surface area contributed by atoms with Crippen molar-refractivity contribution in [2.45, 2.75) is 0 Å². The number of hydrogen-bond acceptors (Lipinski definition) is 4. The molecule has 0 aliphatic heterocycles. The molecule has 0 spiro atoms. The van der Waals surface area contributed by atoms with Gasteiger partial charge in [0.2, 0.25) is 0 Å². The number of aromatic carboxylic acids is 1. The van der Waals surface area contributed by atoms with Crippen molar-refractivity contribution < 1.29 is 9.90 Å². The maximum absolute atomic E-state index is 10.7. The van der Waals surface area contributed by atoms with Gasteiger partial charge < -0.3 is 15.4 Å². The molecule has 2 aromatic heterocycles. The van der Waals surface area contributed by atoms with Crippen LogP contribution in [0.2, 0.25) is 0 Å². The van der Waals surface area contributed by atoms with Gasteiger partial charge in [-0.15, -0.1) is 0 Å². The van der Waals surface area contributed by atoms with Crippen LogP contribution in [0.1, 0.15) is 10.5 Å². The van der Waals surface area contributed by atoms with Crippen LogP contribution in [-0.2, 0) is 0 Å². The van der Waals surface area contributed by atoms with E-state index in [1.165, 1.54) is 11.3 Å². The molecule has 2 rings (SSSR count). The standard InChI is InChI=1S/C7H6BrN3O2S/c1-9-7-11-3-2(8)4(6(12)13)10-5(3)14-7/h10H,1H3,(H,9,11)(H,12,13). The highest BCUT2D eigenvalue weighted by molar-refractivity contribution is 9.10. The normalized spacial score (nSPS) is 10.7. The summed E-state index contributed by atoms with van der Waals surface area (Å²) in [6, 6.07) is 0. The number of rotatable bonds is 2. The molecule has 0 aliphatic carbocycles. The highest BCUT2D eigenvalue weighted by atomic mass is 79.9. The lowest BCUT2D eigenvalue weighted by atomic mass is 10.4. The Morgan fingerprint density at radius 2 is 2.43 bits per heavy atom. The van der Waals surface area contributed by atoms with Crippen LogP contribution in [0.3, 0.4) is 0 Å². The molecule has 0 radical (unpaired) electrons. The topological polar surface area (TPSA) is 78.0 Å². The number of aromatic amines is 1. The van der Waals surface area contributed by atoms with Gasteiger partial charge in [-0.2, -0.15) is 0 Å². The number of carboxylic acid groups (broad SMARTS) is 1. The van der Waals surface area contributed by atoms with Gasteiger partial charge in [0.1, 0.15) is 16.0 Å². The zero-order valence-corrected chi connectivity index (χ0v) is 9.49. The maximum atomic E-state index is 10.7. The molecule has 0 amide bonds. The van der Waals surface area contributed by atoms with Crippen LogP contribution in [0.25, 0.3) is 10.3 Å². The smallest absolute Gasteiger partial charge is 0.353 e. The van der Waals surface area contributed by atoms with Gasteiger partial charge in [-0.25, -0.2) is 9.78 Å². The average molecular weight is 276 g/mol. The lowest BCUT2D eigenvalue weighted by Crippen LogP contribution is -1.96. The Hall–Kier alpha value is -1.08. The number of carboxylic acids is 1. The third-order valence-electron chi connectivity index (χ3n) is 1.72. The van der Waals surface area contributed by atoms with Gasteiger partial charge in [0.25, 0.3) is 0 Å². The molecule has 14 heavy (non-hydrogen) atoms. The molecule has 0 fully saturated rings. The maximum Gasteiger partial charge on any atom is 0.353 e. The molecule has 0 atom stereocenters. The third-order valence-corrected chi connectivity index (χ3v) is 3.48. The first kappa shape index (κ1) is 9.47. The average Bonchev–Trinajstić information content (AvgIpc) is 2.65. The van der Waals surface area contributed by atoms with Gasteiger partial charge in [-0.3, -0.25) is 0 Å². The fourth-order valence-corrected chi connectivity index (χ4v) is 2.61. The van der Waals surface area contributed by atoms with Crippen LogP contribution in [-0.4, -0.2) is 28.1 Å². The fraction of sp³-hybridized carbons (Fsp3) is 0.143. The SMILES string of the molecule is CNc1nc2c(Br)c(C(=O)O)[nH]c2s1. The van der Waals surface area contributed by atoms with Crippen LogP contribution >= 0.6 is 27.3 Å². The van der Waals surface area contributed by atoms with E-state index in [4.69, 9.17) is 5.11 Å². The Morgan fingerprint density at radius 3 is 2.93 bits per heavy atom. The fourth-order valence-electron chi connectivity index (χ4n) is 1.09. The zero-order chi connectivity index (χ0) is 10.3. The van der Waals surface area contributed by atoms with Crippen LogP contribution < -0.4 is 5.32 Å². The molecule has 0 bridgehead atoms. The summed E-state index contributed by atoms with van der Waals surface area (Å²) in [5.41, 5.74) is 0.790. The second-order valence-corrected chi connectivity index (χ2v) is 4.36. The molecule has 0 aliphatic rings. The number of hydrogen-bond donors (Lipinski definition) is 3. The van der Waals surface area contributed by atoms with E-state index in [1.54, 1.807) is 7.05 Å². The quantitative estimate of drug-likeness (QED) is 0.785. The largest absolute Gasteiger partial charge is 0.477 e. The Balaban J connectivity index is 2.66. The van der Waals surface area contributed by atoms with E-state index in [9.17, 15) is 4.79 Å². The first-order valence-corrected chi connectivity index (χ1v) is 5.33. The van der Waals surface area contributed by atoms with E-state index in [-0.39, 0.29) is 5.69 Å². The van der Waals surface area contributed by atoms with Crippen molar-refractivity contribution in [2.75, 3.05) is 12.4 Å². The summed E-state index contributed by atoms with van der Waals surface area (Å²) in [7, 11) is 1.77. The first-order valence-electron chi connectivity index (χ1n) is 3.72. The Morgan fingerprint density at radius 1 is 1.71 bits per heavy atom. The lowest BCUT2D eigenvalue weighted by Gasteiger charge is -1.90. The molecule has 0 saturated heterocycles. The van der Waals surface area contributed by atoms with Gasteiger partial charge >= 0.3 is 5.97 Å². The van der Waals surface area contributed by atoms with Crippen molar-refractivity contribution in [1.82, 2.24) is 9.97 Å². The van der Waals surface area contributed by atoms with Crippen LogP contribution in [0.15, 0.2) is 4.47 Å². The van der Waals surface area contributed by atoms with Crippen molar-refractivity contribution in [3.8, 4) is 0 Å². The molecule has 7 heteroatoms. The van der Waals surface area contributed by atoms with Gasteiger partial charge in [-0.1, -0.05) is 11.3 Å². The van der Waals surface area contributed by atoms with E-state index in [2.05, 4.69) is 31.2 Å². The molecule has 0 aromatic carbocycles. The van der Waals surface area contributed by atoms with Gasteiger partial charge in [0, 0.05) is 7.05 Å². The number of aromatic nitrogens is 2. The van der Waals surface area contributed by atoms with Crippen molar-refractivity contribution in [3.05, 3.63) is 10.2 Å². The second-order valence-electron chi connectivity index (χ2n) is 2.57. The number of halogens is 1. The Bertz CT molecular complexity index is 504. The van der Waals surface area contributed by atoms with E-state index in [0.29, 0.717) is 9.99 Å². The number of nitrogens with one attached hydrogen (secondary N) is 2. The van der Waals surface area contributed by atoms with Crippen molar-refractivity contribution in [3.63, 3.8) is 0 Å². The highest BCUT2D eigenvalue weighted by Gasteiger charge is 2.18. The van der Waals surface area contributed by atoms with E-state index in [0.717, 1.165) is 9.96 Å². The van der Waals surface area contributed by atoms with E-state index >= 15 is 0 Å². The molecule has 5 nitrogen and oxygen atoms in total. The number of thiazole rings is 1. The van der Waals surface area contributed by atoms with E-state index in [1.807, 2.05) is 0 Å². The highest BCUT2D eigenvalue weighted by Crippen LogP contribution is 2.33. The summed E-state index contributed by atoms with van der Waals surface area (Å²) in [6.07, 6.45) is 0. The van der Waals surface area contributed by atoms with E-state index < -0.39 is 5.97 Å². The molecule has 2 aromatic rings. The molecular formula is C7H6BrN3O2S. The number of carbonyl (C=O) groups is 1. The van der Waals surface area contributed by atoms with Crippen LogP contribution in [0, 0.1) is 0 Å². The predicted octanol–water partition coefficient (Wildman–Crippen LogP) is 2.13.